The summed E-state index contributed by atoms with van der Waals surface area (Å²) < 4.78 is 2.16. The minimum absolute atomic E-state index is 0.0798. The zero-order valence-electron chi connectivity index (χ0n) is 16.0. The van der Waals surface area contributed by atoms with Crippen LogP contribution in [-0.2, 0) is 0 Å². The van der Waals surface area contributed by atoms with Crippen molar-refractivity contribution in [3.05, 3.63) is 114 Å². The maximum absolute atomic E-state index is 6.28. The maximum Gasteiger partial charge on any atom is 0.174 e. The number of hydrogen-bond donors (Lipinski definition) is 1. The molecular formula is C24H19ClN4S. The lowest BCUT2D eigenvalue weighted by atomic mass is 10.0. The van der Waals surface area contributed by atoms with Gasteiger partial charge in [0.05, 0.1) is 11.7 Å². The number of halogens is 1. The quantitative estimate of drug-likeness (QED) is 0.421. The van der Waals surface area contributed by atoms with Gasteiger partial charge in [-0.2, -0.15) is 0 Å². The average Bonchev–Trinajstić information content (AvgIpc) is 3.39. The number of aromatic nitrogens is 2. The first kappa shape index (κ1) is 18.9. The van der Waals surface area contributed by atoms with Gasteiger partial charge in [0, 0.05) is 34.5 Å². The Kier molecular flexibility index (Phi) is 4.99. The molecule has 0 radical (unpaired) electrons. The summed E-state index contributed by atoms with van der Waals surface area (Å²) in [6.45, 7) is 0. The summed E-state index contributed by atoms with van der Waals surface area (Å²) in [7, 11) is 0. The summed E-state index contributed by atoms with van der Waals surface area (Å²) in [5.74, 6) is 0. The first-order valence-electron chi connectivity index (χ1n) is 9.71. The molecule has 2 unspecified atom stereocenters. The van der Waals surface area contributed by atoms with Crippen molar-refractivity contribution in [2.75, 3.05) is 4.90 Å². The number of nitrogens with zero attached hydrogens (tertiary/aromatic N) is 3. The highest BCUT2D eigenvalue weighted by Crippen LogP contribution is 2.42. The second-order valence-corrected chi connectivity index (χ2v) is 7.94. The third kappa shape index (κ3) is 3.36. The fourth-order valence-corrected chi connectivity index (χ4v) is 4.55. The number of thiocarbonyl (C=S) groups is 1. The fraction of sp³-hybridized carbons (Fsp3) is 0.0833. The third-order valence-corrected chi connectivity index (χ3v) is 5.85. The van der Waals surface area contributed by atoms with Crippen LogP contribution in [0.3, 0.4) is 0 Å². The fourth-order valence-electron chi connectivity index (χ4n) is 4.02. The van der Waals surface area contributed by atoms with E-state index in [1.165, 1.54) is 0 Å². The molecule has 1 N–H and O–H groups in total. The summed E-state index contributed by atoms with van der Waals surface area (Å²) in [5.41, 5.74) is 4.09. The zero-order chi connectivity index (χ0) is 20.5. The lowest BCUT2D eigenvalue weighted by molar-refractivity contribution is 0.549. The number of para-hydroxylation sites is 1. The van der Waals surface area contributed by atoms with E-state index in [4.69, 9.17) is 23.8 Å². The van der Waals surface area contributed by atoms with Crippen LogP contribution in [-0.4, -0.2) is 14.7 Å². The molecule has 30 heavy (non-hydrogen) atoms. The van der Waals surface area contributed by atoms with Gasteiger partial charge in [0.15, 0.2) is 5.11 Å². The minimum Gasteiger partial charge on any atom is -0.351 e. The molecule has 2 aromatic carbocycles. The summed E-state index contributed by atoms with van der Waals surface area (Å²) in [6, 6.07) is 28.1. The largest absolute Gasteiger partial charge is 0.351 e. The van der Waals surface area contributed by atoms with Gasteiger partial charge < -0.3 is 14.8 Å². The highest BCUT2D eigenvalue weighted by molar-refractivity contribution is 7.80. The normalized spacial score (nSPS) is 18.4. The Hall–Kier alpha value is -3.15. The van der Waals surface area contributed by atoms with Crippen molar-refractivity contribution >= 4 is 34.6 Å². The van der Waals surface area contributed by atoms with E-state index in [9.17, 15) is 0 Å². The van der Waals surface area contributed by atoms with Crippen LogP contribution >= 0.6 is 23.8 Å². The number of nitrogens with one attached hydrogen (secondary N) is 1. The highest BCUT2D eigenvalue weighted by atomic mass is 35.5. The van der Waals surface area contributed by atoms with Crippen molar-refractivity contribution in [3.63, 3.8) is 0 Å². The van der Waals surface area contributed by atoms with Gasteiger partial charge in [-0.15, -0.1) is 0 Å². The van der Waals surface area contributed by atoms with Crippen molar-refractivity contribution in [2.24, 2.45) is 0 Å². The maximum atomic E-state index is 6.28. The third-order valence-electron chi connectivity index (χ3n) is 5.30. The molecule has 1 aliphatic rings. The van der Waals surface area contributed by atoms with Gasteiger partial charge in [0.25, 0.3) is 0 Å². The van der Waals surface area contributed by atoms with Crippen LogP contribution in [0.15, 0.2) is 97.3 Å². The van der Waals surface area contributed by atoms with Crippen molar-refractivity contribution in [3.8, 4) is 5.69 Å². The highest BCUT2D eigenvalue weighted by Gasteiger charge is 2.42. The number of pyridine rings is 1. The van der Waals surface area contributed by atoms with E-state index >= 15 is 0 Å². The van der Waals surface area contributed by atoms with Crippen molar-refractivity contribution < 1.29 is 0 Å². The van der Waals surface area contributed by atoms with E-state index in [0.29, 0.717) is 10.1 Å². The van der Waals surface area contributed by atoms with Gasteiger partial charge in [-0.3, -0.25) is 4.98 Å². The molecule has 6 heteroatoms. The van der Waals surface area contributed by atoms with Crippen molar-refractivity contribution in [2.45, 2.75) is 12.1 Å². The molecule has 1 fully saturated rings. The minimum atomic E-state index is -0.0910. The number of benzene rings is 2. The summed E-state index contributed by atoms with van der Waals surface area (Å²) in [6.07, 6.45) is 3.87. The van der Waals surface area contributed by atoms with Crippen LogP contribution in [0.1, 0.15) is 23.5 Å². The predicted molar refractivity (Wildman–Crippen MR) is 125 cm³/mol. The number of hydrogen-bond acceptors (Lipinski definition) is 2. The second kappa shape index (κ2) is 7.94. The molecule has 4 nitrogen and oxygen atoms in total. The van der Waals surface area contributed by atoms with E-state index < -0.39 is 0 Å². The molecule has 2 aromatic heterocycles. The molecule has 1 aliphatic heterocycles. The summed E-state index contributed by atoms with van der Waals surface area (Å²) in [4.78, 5) is 6.79. The summed E-state index contributed by atoms with van der Waals surface area (Å²) in [5, 5.41) is 4.89. The van der Waals surface area contributed by atoms with Crippen LogP contribution in [0, 0.1) is 0 Å². The standard InChI is InChI=1S/C24H19ClN4S/c25-17-8-6-11-19(16-17)28-15-7-13-21(28)23-22(20-12-4-5-14-26-20)27-24(30)29(23)18-9-2-1-3-10-18/h1-16,22-23H,(H,27,30). The van der Waals surface area contributed by atoms with Crippen LogP contribution < -0.4 is 10.2 Å². The molecule has 1 saturated heterocycles. The van der Waals surface area contributed by atoms with Crippen molar-refractivity contribution in [1.29, 1.82) is 0 Å². The molecule has 0 saturated carbocycles. The number of anilines is 1. The predicted octanol–water partition coefficient (Wildman–Crippen LogP) is 5.70. The van der Waals surface area contributed by atoms with E-state index in [1.54, 1.807) is 0 Å². The lowest BCUT2D eigenvalue weighted by Gasteiger charge is -2.29. The van der Waals surface area contributed by atoms with Crippen molar-refractivity contribution in [1.82, 2.24) is 14.9 Å². The van der Waals surface area contributed by atoms with Crippen LogP contribution in [0.5, 0.6) is 0 Å². The Labute approximate surface area is 185 Å². The zero-order valence-corrected chi connectivity index (χ0v) is 17.6. The molecule has 0 amide bonds. The van der Waals surface area contributed by atoms with Crippen LogP contribution in [0.4, 0.5) is 5.69 Å². The van der Waals surface area contributed by atoms with Gasteiger partial charge in [-0.05, 0) is 66.8 Å². The van der Waals surface area contributed by atoms with Crippen LogP contribution in [0.2, 0.25) is 5.02 Å². The first-order chi connectivity index (χ1) is 14.7. The molecule has 148 valence electrons. The molecule has 0 aliphatic carbocycles. The first-order valence-corrected chi connectivity index (χ1v) is 10.5. The molecule has 2 atom stereocenters. The van der Waals surface area contributed by atoms with E-state index in [-0.39, 0.29) is 12.1 Å². The van der Waals surface area contributed by atoms with Crippen LogP contribution in [0.25, 0.3) is 5.69 Å². The molecule has 0 spiro atoms. The smallest absolute Gasteiger partial charge is 0.174 e. The molecule has 5 rings (SSSR count). The Bertz CT molecular complexity index is 1180. The van der Waals surface area contributed by atoms with E-state index in [0.717, 1.165) is 22.8 Å². The molecule has 3 heterocycles. The monoisotopic (exact) mass is 430 g/mol. The number of rotatable bonds is 4. The Balaban J connectivity index is 1.67. The van der Waals surface area contributed by atoms with Gasteiger partial charge in [0.2, 0.25) is 0 Å². The van der Waals surface area contributed by atoms with Gasteiger partial charge in [0.1, 0.15) is 6.04 Å². The Morgan fingerprint density at radius 1 is 0.867 bits per heavy atom. The average molecular weight is 431 g/mol. The van der Waals surface area contributed by atoms with Gasteiger partial charge in [-0.1, -0.05) is 41.9 Å². The van der Waals surface area contributed by atoms with E-state index in [2.05, 4.69) is 56.3 Å². The SMILES string of the molecule is S=C1NC(c2ccccn2)C(c2cccn2-c2cccc(Cl)c2)N1c1ccccc1. The molecular weight excluding hydrogens is 412 g/mol. The topological polar surface area (TPSA) is 33.1 Å². The lowest BCUT2D eigenvalue weighted by Crippen LogP contribution is -2.30. The Morgan fingerprint density at radius 3 is 2.43 bits per heavy atom. The second-order valence-electron chi connectivity index (χ2n) is 7.12. The summed E-state index contributed by atoms with van der Waals surface area (Å²) >= 11 is 12.1. The van der Waals surface area contributed by atoms with E-state index in [1.807, 2.05) is 60.8 Å². The van der Waals surface area contributed by atoms with Gasteiger partial charge in [-0.25, -0.2) is 0 Å². The Morgan fingerprint density at radius 2 is 1.67 bits per heavy atom. The van der Waals surface area contributed by atoms with Gasteiger partial charge >= 0.3 is 0 Å². The molecule has 4 aromatic rings. The molecule has 0 bridgehead atoms.